The van der Waals surface area contributed by atoms with Crippen molar-refractivity contribution in [1.82, 2.24) is 10.4 Å². The molecule has 1 unspecified atom stereocenters. The molecule has 1 aromatic heterocycles. The second-order valence-electron chi connectivity index (χ2n) is 4.06. The lowest BCUT2D eigenvalue weighted by molar-refractivity contribution is 0.550. The Hall–Kier alpha value is -1.20. The van der Waals surface area contributed by atoms with Crippen LogP contribution in [0.25, 0.3) is 0 Å². The molecule has 0 aliphatic heterocycles. The maximum atomic E-state index is 13.0. The van der Waals surface area contributed by atoms with Gasteiger partial charge in [-0.25, -0.2) is 4.39 Å². The Morgan fingerprint density at radius 3 is 2.68 bits per heavy atom. The molecule has 6 heteroatoms. The maximum absolute atomic E-state index is 13.0. The minimum absolute atomic E-state index is 0.224. The highest BCUT2D eigenvalue weighted by atomic mass is 35.5. The molecule has 0 spiro atoms. The molecule has 0 bridgehead atoms. The number of aromatic nitrogens is 1. The van der Waals surface area contributed by atoms with E-state index in [2.05, 4.69) is 10.4 Å². The van der Waals surface area contributed by atoms with Gasteiger partial charge in [-0.05, 0) is 35.7 Å². The summed E-state index contributed by atoms with van der Waals surface area (Å²) in [5.41, 5.74) is 4.29. The first-order valence-corrected chi connectivity index (χ1v) is 6.37. The summed E-state index contributed by atoms with van der Waals surface area (Å²) in [6.07, 6.45) is 3.69. The van der Waals surface area contributed by atoms with Crippen LogP contribution in [0, 0.1) is 5.82 Å². The van der Waals surface area contributed by atoms with Gasteiger partial charge in [-0.2, -0.15) is 0 Å². The minimum Gasteiger partial charge on any atom is -0.271 e. The molecule has 100 valence electrons. The summed E-state index contributed by atoms with van der Waals surface area (Å²) >= 11 is 12.1. The number of nitrogens with two attached hydrogens (primary N) is 1. The molecule has 2 aromatic rings. The molecule has 1 atom stereocenters. The molecule has 0 aliphatic rings. The van der Waals surface area contributed by atoms with Crippen LogP contribution in [0.3, 0.4) is 0 Å². The first-order valence-electron chi connectivity index (χ1n) is 5.61. The van der Waals surface area contributed by atoms with Gasteiger partial charge in [0.2, 0.25) is 0 Å². The molecule has 2 rings (SSSR count). The lowest BCUT2D eigenvalue weighted by atomic mass is 10.00. The molecule has 3 N–H and O–H groups in total. The summed E-state index contributed by atoms with van der Waals surface area (Å²) < 4.78 is 13.0. The summed E-state index contributed by atoms with van der Waals surface area (Å²) in [5, 5.41) is 0.883. The van der Waals surface area contributed by atoms with Crippen LogP contribution in [0.4, 0.5) is 4.39 Å². The second-order valence-corrected chi connectivity index (χ2v) is 4.87. The molecule has 0 amide bonds. The van der Waals surface area contributed by atoms with E-state index < -0.39 is 0 Å². The Morgan fingerprint density at radius 1 is 1.26 bits per heavy atom. The zero-order valence-corrected chi connectivity index (χ0v) is 11.4. The van der Waals surface area contributed by atoms with Crippen molar-refractivity contribution in [1.29, 1.82) is 0 Å². The van der Waals surface area contributed by atoms with E-state index in [1.807, 2.05) is 0 Å². The summed E-state index contributed by atoms with van der Waals surface area (Å²) in [4.78, 5) is 3.92. The van der Waals surface area contributed by atoms with Crippen molar-refractivity contribution in [3.8, 4) is 0 Å². The Kier molecular flexibility index (Phi) is 4.71. The topological polar surface area (TPSA) is 50.9 Å². The second kappa shape index (κ2) is 6.30. The number of benzene rings is 1. The van der Waals surface area contributed by atoms with Crippen LogP contribution >= 0.6 is 23.2 Å². The van der Waals surface area contributed by atoms with Crippen LogP contribution in [0.15, 0.2) is 36.7 Å². The molecule has 0 aliphatic carbocycles. The Bertz CT molecular complexity index is 578. The van der Waals surface area contributed by atoms with Crippen LogP contribution in [0.1, 0.15) is 17.2 Å². The summed E-state index contributed by atoms with van der Waals surface area (Å²) in [5.74, 6) is 5.19. The summed E-state index contributed by atoms with van der Waals surface area (Å²) in [7, 11) is 0. The van der Waals surface area contributed by atoms with Crippen molar-refractivity contribution in [2.24, 2.45) is 5.84 Å². The number of hydrogen-bond acceptors (Lipinski definition) is 3. The van der Waals surface area contributed by atoms with Crippen molar-refractivity contribution >= 4 is 23.2 Å². The third kappa shape index (κ3) is 3.42. The number of rotatable bonds is 4. The van der Waals surface area contributed by atoms with Gasteiger partial charge in [0.1, 0.15) is 5.82 Å². The maximum Gasteiger partial charge on any atom is 0.124 e. The molecular formula is C13H12Cl2FN3. The SMILES string of the molecule is NNC(Cc1ccc(F)cc1Cl)c1ccncc1Cl. The fraction of sp³-hybridized carbons (Fsp3) is 0.154. The average molecular weight is 300 g/mol. The van der Waals surface area contributed by atoms with E-state index >= 15 is 0 Å². The molecule has 3 nitrogen and oxygen atoms in total. The third-order valence-corrected chi connectivity index (χ3v) is 3.49. The highest BCUT2D eigenvalue weighted by molar-refractivity contribution is 6.31. The molecule has 0 radical (unpaired) electrons. The van der Waals surface area contributed by atoms with E-state index in [1.165, 1.54) is 12.1 Å². The van der Waals surface area contributed by atoms with E-state index in [1.54, 1.807) is 24.5 Å². The lowest BCUT2D eigenvalue weighted by Gasteiger charge is -2.18. The number of hydrazine groups is 1. The smallest absolute Gasteiger partial charge is 0.124 e. The van der Waals surface area contributed by atoms with Crippen molar-refractivity contribution in [2.75, 3.05) is 0 Å². The number of pyridine rings is 1. The number of hydrogen-bond donors (Lipinski definition) is 2. The largest absolute Gasteiger partial charge is 0.271 e. The van der Waals surface area contributed by atoms with Gasteiger partial charge < -0.3 is 0 Å². The van der Waals surface area contributed by atoms with Gasteiger partial charge in [0, 0.05) is 17.4 Å². The van der Waals surface area contributed by atoms with Crippen LogP contribution in [-0.2, 0) is 6.42 Å². The van der Waals surface area contributed by atoms with Gasteiger partial charge in [0.05, 0.1) is 11.1 Å². The van der Waals surface area contributed by atoms with Crippen LogP contribution < -0.4 is 11.3 Å². The molecule has 19 heavy (non-hydrogen) atoms. The van der Waals surface area contributed by atoms with Crippen molar-refractivity contribution in [3.63, 3.8) is 0 Å². The highest BCUT2D eigenvalue weighted by Crippen LogP contribution is 2.27. The fourth-order valence-electron chi connectivity index (χ4n) is 1.83. The van der Waals surface area contributed by atoms with E-state index in [0.717, 1.165) is 11.1 Å². The fourth-order valence-corrected chi connectivity index (χ4v) is 2.33. The zero-order valence-electron chi connectivity index (χ0n) is 9.91. The van der Waals surface area contributed by atoms with Gasteiger partial charge >= 0.3 is 0 Å². The van der Waals surface area contributed by atoms with Crippen molar-refractivity contribution < 1.29 is 4.39 Å². The number of halogens is 3. The summed E-state index contributed by atoms with van der Waals surface area (Å²) in [6, 6.07) is 5.83. The minimum atomic E-state index is -0.368. The van der Waals surface area contributed by atoms with Crippen molar-refractivity contribution in [2.45, 2.75) is 12.5 Å². The number of nitrogens with one attached hydrogen (secondary N) is 1. The average Bonchev–Trinajstić information content (AvgIpc) is 2.39. The van der Waals surface area contributed by atoms with E-state index in [9.17, 15) is 4.39 Å². The molecule has 0 saturated heterocycles. The molecule has 1 aromatic carbocycles. The van der Waals surface area contributed by atoms with Crippen LogP contribution in [0.2, 0.25) is 10.0 Å². The first-order chi connectivity index (χ1) is 9.11. The molecule has 0 saturated carbocycles. The predicted molar refractivity (Wildman–Crippen MR) is 74.4 cm³/mol. The molecule has 0 fully saturated rings. The van der Waals surface area contributed by atoms with E-state index in [4.69, 9.17) is 29.0 Å². The van der Waals surface area contributed by atoms with Gasteiger partial charge in [0.25, 0.3) is 0 Å². The zero-order chi connectivity index (χ0) is 13.8. The van der Waals surface area contributed by atoms with Crippen molar-refractivity contribution in [3.05, 3.63) is 63.6 Å². The van der Waals surface area contributed by atoms with Gasteiger partial charge in [-0.3, -0.25) is 16.3 Å². The van der Waals surface area contributed by atoms with Gasteiger partial charge in [0.15, 0.2) is 0 Å². The summed E-state index contributed by atoms with van der Waals surface area (Å²) in [6.45, 7) is 0. The van der Waals surface area contributed by atoms with E-state index in [-0.39, 0.29) is 11.9 Å². The van der Waals surface area contributed by atoms with Crippen LogP contribution in [-0.4, -0.2) is 4.98 Å². The van der Waals surface area contributed by atoms with Crippen LogP contribution in [0.5, 0.6) is 0 Å². The highest BCUT2D eigenvalue weighted by Gasteiger charge is 2.15. The monoisotopic (exact) mass is 299 g/mol. The third-order valence-electron chi connectivity index (χ3n) is 2.82. The first kappa shape index (κ1) is 14.2. The molecule has 1 heterocycles. The predicted octanol–water partition coefficient (Wildman–Crippen LogP) is 3.27. The Morgan fingerprint density at radius 2 is 2.05 bits per heavy atom. The van der Waals surface area contributed by atoms with E-state index in [0.29, 0.717) is 16.5 Å². The number of nitrogens with zero attached hydrogens (tertiary/aromatic N) is 1. The lowest BCUT2D eigenvalue weighted by Crippen LogP contribution is -2.30. The normalized spacial score (nSPS) is 12.4. The van der Waals surface area contributed by atoms with Gasteiger partial charge in [-0.1, -0.05) is 29.3 Å². The van der Waals surface area contributed by atoms with Gasteiger partial charge in [-0.15, -0.1) is 0 Å². The Balaban J connectivity index is 2.27. The Labute approximate surface area is 120 Å². The quantitative estimate of drug-likeness (QED) is 0.673. The molecular weight excluding hydrogens is 288 g/mol. The standard InChI is InChI=1S/C13H12Cl2FN3/c14-11-6-9(16)2-1-8(11)5-13(19-17)10-3-4-18-7-12(10)15/h1-4,6-7,13,19H,5,17H2.